The van der Waals surface area contributed by atoms with Crippen molar-refractivity contribution in [3.05, 3.63) is 48.3 Å². The first-order valence-corrected chi connectivity index (χ1v) is 16.5. The third-order valence-corrected chi connectivity index (χ3v) is 8.33. The summed E-state index contributed by atoms with van der Waals surface area (Å²) in [6, 6.07) is 7.39. The number of alkyl carbamates (subject to hydrolysis) is 1. The molecule has 1 aromatic carbocycles. The van der Waals surface area contributed by atoms with E-state index in [0.29, 0.717) is 38.8 Å². The van der Waals surface area contributed by atoms with E-state index in [9.17, 15) is 28.4 Å². The van der Waals surface area contributed by atoms with E-state index in [4.69, 9.17) is 21.9 Å². The Kier molecular flexibility index (Phi) is 17.1. The van der Waals surface area contributed by atoms with Crippen molar-refractivity contribution in [1.82, 2.24) is 15.5 Å². The standard InChI is InChI=1S/C34H52FN7O6/c1-22(2)31(41-34(47)48-21-24-10-5-4-6-11-24)29(44)19-26(13-8-16-40-33(37)38)32(46)42-17-9-14-27(42)28(43)18-25(30(45)20-35)12-7-15-39-23(3)36/h4-6,10-11,22,25-27,31,39H,3,7-9,12-21,36H2,1-2H3,(H,41,47)(H4,37,38,40)/t25-,26-,27+,31+/m1/s1. The molecule has 0 bridgehead atoms. The van der Waals surface area contributed by atoms with Gasteiger partial charge in [-0.1, -0.05) is 50.8 Å². The predicted molar refractivity (Wildman–Crippen MR) is 181 cm³/mol. The van der Waals surface area contributed by atoms with Gasteiger partial charge >= 0.3 is 6.09 Å². The Morgan fingerprint density at radius 3 is 2.33 bits per heavy atom. The SMILES string of the molecule is C=C(N)NCCC[C@H](CC(=O)[C@@H]1CCCN1C(=O)[C@H](CCCN=C(N)N)CC(=O)[C@@H](NC(=O)OCc1ccccc1)C(C)C)C(=O)CF. The number of guanidine groups is 1. The Morgan fingerprint density at radius 1 is 1.02 bits per heavy atom. The van der Waals surface area contributed by atoms with Crippen LogP contribution in [0.2, 0.25) is 0 Å². The molecular formula is C34H52FN7O6. The Bertz CT molecular complexity index is 1270. The number of aliphatic imine (C=N–C) groups is 1. The maximum absolute atomic E-state index is 14.0. The monoisotopic (exact) mass is 673 g/mol. The first-order valence-electron chi connectivity index (χ1n) is 16.5. The minimum Gasteiger partial charge on any atom is -0.445 e. The quantitative estimate of drug-likeness (QED) is 0.0689. The van der Waals surface area contributed by atoms with Gasteiger partial charge in [0.2, 0.25) is 5.91 Å². The zero-order valence-electron chi connectivity index (χ0n) is 28.1. The number of Topliss-reactive ketones (excluding diaryl/α,β-unsaturated/α-hetero) is 3. The predicted octanol–water partition coefficient (Wildman–Crippen LogP) is 2.47. The number of likely N-dealkylation sites (tertiary alicyclic amines) is 1. The summed E-state index contributed by atoms with van der Waals surface area (Å²) >= 11 is 0. The molecule has 0 unspecified atom stereocenters. The summed E-state index contributed by atoms with van der Waals surface area (Å²) < 4.78 is 18.7. The number of ether oxygens (including phenoxy) is 1. The normalized spacial score (nSPS) is 16.0. The lowest BCUT2D eigenvalue weighted by atomic mass is 9.88. The van der Waals surface area contributed by atoms with E-state index in [0.717, 1.165) is 5.56 Å². The number of ketones is 3. The minimum atomic E-state index is -1.19. The highest BCUT2D eigenvalue weighted by Crippen LogP contribution is 2.28. The number of nitrogens with two attached hydrogens (primary N) is 3. The van der Waals surface area contributed by atoms with Gasteiger partial charge in [0.1, 0.15) is 13.3 Å². The molecule has 1 aliphatic rings. The molecule has 0 radical (unpaired) electrons. The van der Waals surface area contributed by atoms with Crippen molar-refractivity contribution in [2.75, 3.05) is 26.3 Å². The zero-order chi connectivity index (χ0) is 35.6. The van der Waals surface area contributed by atoms with Gasteiger partial charge in [-0.25, -0.2) is 9.18 Å². The van der Waals surface area contributed by atoms with Crippen molar-refractivity contribution in [1.29, 1.82) is 0 Å². The number of benzene rings is 1. The summed E-state index contributed by atoms with van der Waals surface area (Å²) in [4.78, 5) is 71.6. The van der Waals surface area contributed by atoms with E-state index < -0.39 is 42.5 Å². The van der Waals surface area contributed by atoms with Crippen LogP contribution in [0, 0.1) is 17.8 Å². The Labute approximate surface area is 282 Å². The fraction of sp³-hybridized carbons (Fsp3) is 0.588. The van der Waals surface area contributed by atoms with Crippen LogP contribution in [-0.2, 0) is 30.5 Å². The molecule has 13 nitrogen and oxygen atoms in total. The zero-order valence-corrected chi connectivity index (χ0v) is 28.1. The fourth-order valence-electron chi connectivity index (χ4n) is 5.80. The van der Waals surface area contributed by atoms with Crippen molar-refractivity contribution in [2.45, 2.75) is 83.9 Å². The number of amides is 2. The largest absolute Gasteiger partial charge is 0.445 e. The molecule has 0 aliphatic carbocycles. The molecule has 2 amide bonds. The van der Waals surface area contributed by atoms with Gasteiger partial charge in [0, 0.05) is 44.3 Å². The van der Waals surface area contributed by atoms with E-state index in [1.807, 2.05) is 30.3 Å². The summed E-state index contributed by atoms with van der Waals surface area (Å²) in [7, 11) is 0. The molecule has 48 heavy (non-hydrogen) atoms. The van der Waals surface area contributed by atoms with Crippen molar-refractivity contribution < 1.29 is 33.1 Å². The molecule has 0 aromatic heterocycles. The second-order valence-corrected chi connectivity index (χ2v) is 12.5. The number of carbonyl (C=O) groups is 5. The van der Waals surface area contributed by atoms with Crippen LogP contribution in [0.4, 0.5) is 9.18 Å². The van der Waals surface area contributed by atoms with Crippen LogP contribution in [0.3, 0.4) is 0 Å². The van der Waals surface area contributed by atoms with Crippen molar-refractivity contribution >= 4 is 35.3 Å². The van der Waals surface area contributed by atoms with Gasteiger partial charge in [-0.05, 0) is 50.0 Å². The van der Waals surface area contributed by atoms with Gasteiger partial charge in [0.15, 0.2) is 23.3 Å². The maximum Gasteiger partial charge on any atom is 0.408 e. The number of alkyl halides is 1. The molecule has 1 aromatic rings. The van der Waals surface area contributed by atoms with E-state index >= 15 is 0 Å². The molecule has 2 rings (SSSR count). The van der Waals surface area contributed by atoms with Crippen molar-refractivity contribution in [2.24, 2.45) is 39.9 Å². The van der Waals surface area contributed by atoms with E-state index in [1.165, 1.54) is 4.90 Å². The number of carbonyl (C=O) groups excluding carboxylic acids is 5. The number of halogens is 1. The second kappa shape index (κ2) is 20.7. The molecule has 0 spiro atoms. The molecular weight excluding hydrogens is 621 g/mol. The highest BCUT2D eigenvalue weighted by Gasteiger charge is 2.39. The summed E-state index contributed by atoms with van der Waals surface area (Å²) in [5.74, 6) is -3.50. The van der Waals surface area contributed by atoms with Gasteiger partial charge < -0.3 is 37.5 Å². The lowest BCUT2D eigenvalue weighted by Gasteiger charge is -2.30. The number of rotatable bonds is 22. The maximum atomic E-state index is 14.0. The first kappa shape index (κ1) is 39.7. The van der Waals surface area contributed by atoms with Crippen LogP contribution >= 0.6 is 0 Å². The lowest BCUT2D eigenvalue weighted by molar-refractivity contribution is -0.143. The second-order valence-electron chi connectivity index (χ2n) is 12.5. The third kappa shape index (κ3) is 13.7. The van der Waals surface area contributed by atoms with Crippen LogP contribution in [0.1, 0.15) is 70.8 Å². The molecule has 8 N–H and O–H groups in total. The van der Waals surface area contributed by atoms with Crippen LogP contribution in [-0.4, -0.2) is 78.6 Å². The molecule has 266 valence electrons. The van der Waals surface area contributed by atoms with Crippen LogP contribution in [0.15, 0.2) is 47.7 Å². The minimum absolute atomic E-state index is 0.0279. The van der Waals surface area contributed by atoms with Crippen molar-refractivity contribution in [3.63, 3.8) is 0 Å². The Balaban J connectivity index is 2.16. The van der Waals surface area contributed by atoms with Crippen molar-refractivity contribution in [3.8, 4) is 0 Å². The number of nitrogens with zero attached hydrogens (tertiary/aromatic N) is 2. The van der Waals surface area contributed by atoms with Gasteiger partial charge in [0.05, 0.1) is 17.9 Å². The molecule has 1 fully saturated rings. The number of hydrogen-bond acceptors (Lipinski definition) is 9. The summed E-state index contributed by atoms with van der Waals surface area (Å²) in [5, 5.41) is 5.49. The first-order chi connectivity index (χ1) is 22.8. The van der Waals surface area contributed by atoms with Crippen LogP contribution in [0.25, 0.3) is 0 Å². The Hall–Kier alpha value is -4.49. The van der Waals surface area contributed by atoms with Gasteiger partial charge in [0.25, 0.3) is 0 Å². The average Bonchev–Trinajstić information content (AvgIpc) is 3.55. The average molecular weight is 674 g/mol. The summed E-state index contributed by atoms with van der Waals surface area (Å²) in [6.07, 6.45) is 1.20. The molecule has 0 saturated carbocycles. The highest BCUT2D eigenvalue weighted by molar-refractivity contribution is 5.96. The van der Waals surface area contributed by atoms with Gasteiger partial charge in [-0.2, -0.15) is 0 Å². The molecule has 1 aliphatic heterocycles. The van der Waals surface area contributed by atoms with E-state index in [2.05, 4.69) is 22.2 Å². The van der Waals surface area contributed by atoms with E-state index in [1.54, 1.807) is 13.8 Å². The third-order valence-electron chi connectivity index (χ3n) is 8.33. The molecule has 1 saturated heterocycles. The molecule has 14 heteroatoms. The topological polar surface area (TPSA) is 212 Å². The van der Waals surface area contributed by atoms with Gasteiger partial charge in [-0.15, -0.1) is 0 Å². The molecule has 1 heterocycles. The Morgan fingerprint density at radius 2 is 1.71 bits per heavy atom. The van der Waals surface area contributed by atoms with E-state index in [-0.39, 0.29) is 74.0 Å². The number of hydrogen-bond donors (Lipinski definition) is 5. The smallest absolute Gasteiger partial charge is 0.408 e. The fourth-order valence-corrected chi connectivity index (χ4v) is 5.80. The lowest BCUT2D eigenvalue weighted by Crippen LogP contribution is -2.48. The highest BCUT2D eigenvalue weighted by atomic mass is 19.1. The molecule has 4 atom stereocenters. The van der Waals surface area contributed by atoms with Gasteiger partial charge in [-0.3, -0.25) is 24.2 Å². The number of nitrogens with one attached hydrogen (secondary N) is 2. The van der Waals surface area contributed by atoms with Crippen LogP contribution < -0.4 is 27.8 Å². The van der Waals surface area contributed by atoms with Crippen LogP contribution in [0.5, 0.6) is 0 Å². The summed E-state index contributed by atoms with van der Waals surface area (Å²) in [6.45, 7) is 6.90. The summed E-state index contributed by atoms with van der Waals surface area (Å²) in [5.41, 5.74) is 17.2.